The van der Waals surface area contributed by atoms with Gasteiger partial charge in [0.05, 0.1) is 11.9 Å². The summed E-state index contributed by atoms with van der Waals surface area (Å²) in [5, 5.41) is 3.64. The zero-order valence-electron chi connectivity index (χ0n) is 12.0. The summed E-state index contributed by atoms with van der Waals surface area (Å²) in [4.78, 5) is 6.47. The highest BCUT2D eigenvalue weighted by Crippen LogP contribution is 2.30. The van der Waals surface area contributed by atoms with E-state index >= 15 is 0 Å². The minimum absolute atomic E-state index is 0.605. The molecule has 3 atom stereocenters. The van der Waals surface area contributed by atoms with Crippen LogP contribution in [0, 0.1) is 11.8 Å². The van der Waals surface area contributed by atoms with Crippen molar-refractivity contribution in [2.24, 2.45) is 11.8 Å². The minimum Gasteiger partial charge on any atom is -0.381 e. The molecule has 3 nitrogen and oxygen atoms in total. The van der Waals surface area contributed by atoms with E-state index in [0.717, 1.165) is 23.3 Å². The number of hydrogen-bond acceptors (Lipinski definition) is 3. The highest BCUT2D eigenvalue weighted by Gasteiger charge is 2.25. The summed E-state index contributed by atoms with van der Waals surface area (Å²) in [5.41, 5.74) is 1.15. The fraction of sp³-hybridized carbons (Fsp3) is 0.667. The molecule has 1 aliphatic carbocycles. The molecule has 1 heterocycles. The van der Waals surface area contributed by atoms with Crippen molar-refractivity contribution in [3.8, 4) is 0 Å². The van der Waals surface area contributed by atoms with Gasteiger partial charge in [0.25, 0.3) is 0 Å². The average Bonchev–Trinajstić information content (AvgIpc) is 2.33. The lowest BCUT2D eigenvalue weighted by Gasteiger charge is -2.33. The topological polar surface area (TPSA) is 28.2 Å². The van der Waals surface area contributed by atoms with E-state index in [1.165, 1.54) is 19.3 Å². The molecule has 0 amide bonds. The second-order valence-corrected chi connectivity index (χ2v) is 5.95. The van der Waals surface area contributed by atoms with E-state index in [4.69, 9.17) is 0 Å². The lowest BCUT2D eigenvalue weighted by molar-refractivity contribution is 0.276. The van der Waals surface area contributed by atoms with E-state index in [2.05, 4.69) is 36.3 Å². The van der Waals surface area contributed by atoms with Crippen LogP contribution in [0.1, 0.15) is 33.1 Å². The predicted molar refractivity (Wildman–Crippen MR) is 78.2 cm³/mol. The first kappa shape index (κ1) is 13.2. The third-order valence-corrected chi connectivity index (χ3v) is 3.99. The van der Waals surface area contributed by atoms with Crippen molar-refractivity contribution in [2.75, 3.05) is 24.3 Å². The summed E-state index contributed by atoms with van der Waals surface area (Å²) < 4.78 is 0. The molecule has 100 valence electrons. The number of nitrogens with one attached hydrogen (secondary N) is 1. The summed E-state index contributed by atoms with van der Waals surface area (Å²) in [6, 6.07) is 4.80. The molecule has 0 aromatic carbocycles. The van der Waals surface area contributed by atoms with Gasteiger partial charge in [-0.25, -0.2) is 4.98 Å². The highest BCUT2D eigenvalue weighted by molar-refractivity contribution is 5.48. The van der Waals surface area contributed by atoms with Crippen LogP contribution in [0.25, 0.3) is 0 Å². The Labute approximate surface area is 111 Å². The van der Waals surface area contributed by atoms with Gasteiger partial charge in [0.1, 0.15) is 5.82 Å². The molecule has 18 heavy (non-hydrogen) atoms. The maximum Gasteiger partial charge on any atom is 0.128 e. The normalized spacial score (nSPS) is 27.9. The van der Waals surface area contributed by atoms with Crippen LogP contribution in [-0.2, 0) is 0 Å². The molecule has 1 fully saturated rings. The van der Waals surface area contributed by atoms with Gasteiger partial charge in [-0.15, -0.1) is 0 Å². The third-order valence-electron chi connectivity index (χ3n) is 3.99. The van der Waals surface area contributed by atoms with Crippen LogP contribution >= 0.6 is 0 Å². The highest BCUT2D eigenvalue weighted by atomic mass is 15.1. The SMILES string of the molecule is CC1CCC(Nc2ccc(N(C)C)nc2)C(C)C1. The molecule has 0 aliphatic heterocycles. The van der Waals surface area contributed by atoms with E-state index in [1.54, 1.807) is 0 Å². The van der Waals surface area contributed by atoms with Crippen LogP contribution in [0.2, 0.25) is 0 Å². The van der Waals surface area contributed by atoms with Crippen molar-refractivity contribution in [1.29, 1.82) is 0 Å². The predicted octanol–water partition coefficient (Wildman–Crippen LogP) is 3.38. The average molecular weight is 247 g/mol. The van der Waals surface area contributed by atoms with Crippen LogP contribution in [0.15, 0.2) is 18.3 Å². The number of anilines is 2. The molecule has 2 rings (SSSR count). The largest absolute Gasteiger partial charge is 0.381 e. The van der Waals surface area contributed by atoms with Gasteiger partial charge >= 0.3 is 0 Å². The molecule has 1 aromatic rings. The van der Waals surface area contributed by atoms with Crippen molar-refractivity contribution in [3.05, 3.63) is 18.3 Å². The molecule has 0 bridgehead atoms. The summed E-state index contributed by atoms with van der Waals surface area (Å²) >= 11 is 0. The van der Waals surface area contributed by atoms with Gasteiger partial charge in [-0.1, -0.05) is 13.8 Å². The molecular formula is C15H25N3. The maximum atomic E-state index is 4.45. The molecule has 1 aromatic heterocycles. The number of pyridine rings is 1. The smallest absolute Gasteiger partial charge is 0.128 e. The first-order valence-electron chi connectivity index (χ1n) is 6.96. The lowest BCUT2D eigenvalue weighted by atomic mass is 9.80. The van der Waals surface area contributed by atoms with E-state index < -0.39 is 0 Å². The molecule has 1 aliphatic rings. The number of aromatic nitrogens is 1. The molecule has 1 saturated carbocycles. The van der Waals surface area contributed by atoms with Crippen LogP contribution < -0.4 is 10.2 Å². The van der Waals surface area contributed by atoms with Gasteiger partial charge in [0, 0.05) is 20.1 Å². The summed E-state index contributed by atoms with van der Waals surface area (Å²) in [7, 11) is 4.03. The second kappa shape index (κ2) is 5.59. The molecule has 3 heteroatoms. The monoisotopic (exact) mass is 247 g/mol. The summed E-state index contributed by atoms with van der Waals surface area (Å²) in [5.74, 6) is 2.64. The molecule has 0 radical (unpaired) electrons. The van der Waals surface area contributed by atoms with Crippen molar-refractivity contribution in [1.82, 2.24) is 4.98 Å². The number of rotatable bonds is 3. The fourth-order valence-corrected chi connectivity index (χ4v) is 2.83. The Morgan fingerprint density at radius 1 is 1.22 bits per heavy atom. The van der Waals surface area contributed by atoms with Crippen molar-refractivity contribution in [2.45, 2.75) is 39.2 Å². The van der Waals surface area contributed by atoms with Crippen molar-refractivity contribution >= 4 is 11.5 Å². The molecule has 3 unspecified atom stereocenters. The first-order chi connectivity index (χ1) is 8.56. The third kappa shape index (κ3) is 3.15. The zero-order valence-corrected chi connectivity index (χ0v) is 12.0. The van der Waals surface area contributed by atoms with Crippen molar-refractivity contribution in [3.63, 3.8) is 0 Å². The Balaban J connectivity index is 1.96. The van der Waals surface area contributed by atoms with E-state index in [1.807, 2.05) is 25.2 Å². The maximum absolute atomic E-state index is 4.45. The molecule has 1 N–H and O–H groups in total. The van der Waals surface area contributed by atoms with E-state index in [9.17, 15) is 0 Å². The lowest BCUT2D eigenvalue weighted by Crippen LogP contribution is -2.33. The minimum atomic E-state index is 0.605. The van der Waals surface area contributed by atoms with Crippen LogP contribution in [-0.4, -0.2) is 25.1 Å². The Hall–Kier alpha value is -1.25. The van der Waals surface area contributed by atoms with Gasteiger partial charge in [-0.2, -0.15) is 0 Å². The molecular weight excluding hydrogens is 222 g/mol. The Kier molecular flexibility index (Phi) is 4.10. The van der Waals surface area contributed by atoms with E-state index in [0.29, 0.717) is 6.04 Å². The summed E-state index contributed by atoms with van der Waals surface area (Å²) in [6.45, 7) is 4.72. The van der Waals surface area contributed by atoms with Crippen LogP contribution in [0.3, 0.4) is 0 Å². The fourth-order valence-electron chi connectivity index (χ4n) is 2.83. The zero-order chi connectivity index (χ0) is 13.1. The Bertz CT molecular complexity index is 372. The second-order valence-electron chi connectivity index (χ2n) is 5.95. The van der Waals surface area contributed by atoms with Gasteiger partial charge < -0.3 is 10.2 Å². The Morgan fingerprint density at radius 3 is 2.56 bits per heavy atom. The van der Waals surface area contributed by atoms with Gasteiger partial charge in [0.2, 0.25) is 0 Å². The standard InChI is InChI=1S/C15H25N3/c1-11-5-7-14(12(2)9-11)17-13-6-8-15(16-10-13)18(3)4/h6,8,10-12,14,17H,5,7,9H2,1-4H3. The van der Waals surface area contributed by atoms with Crippen LogP contribution in [0.5, 0.6) is 0 Å². The summed E-state index contributed by atoms with van der Waals surface area (Å²) in [6.07, 6.45) is 5.89. The van der Waals surface area contributed by atoms with Crippen LogP contribution in [0.4, 0.5) is 11.5 Å². The first-order valence-corrected chi connectivity index (χ1v) is 6.96. The quantitative estimate of drug-likeness (QED) is 0.887. The van der Waals surface area contributed by atoms with Gasteiger partial charge in [-0.05, 0) is 43.2 Å². The Morgan fingerprint density at radius 2 is 2.00 bits per heavy atom. The van der Waals surface area contributed by atoms with Gasteiger partial charge in [-0.3, -0.25) is 0 Å². The molecule has 0 spiro atoms. The number of nitrogens with zero attached hydrogens (tertiary/aromatic N) is 2. The molecule has 0 saturated heterocycles. The van der Waals surface area contributed by atoms with E-state index in [-0.39, 0.29) is 0 Å². The number of hydrogen-bond donors (Lipinski definition) is 1. The van der Waals surface area contributed by atoms with Crippen molar-refractivity contribution < 1.29 is 0 Å². The van der Waals surface area contributed by atoms with Gasteiger partial charge in [0.15, 0.2) is 0 Å².